The molecule has 1 aromatic rings. The SMILES string of the molecule is NCC1CCC(C(=O)N2CCC(C3CCCCC3)C2C(=O)Nc2ccc(C(=O)O)c(F)c2)CC1. The fraction of sp³-hybridized carbons (Fsp3) is 0.654. The van der Waals surface area contributed by atoms with Crippen LogP contribution in [0.2, 0.25) is 0 Å². The third kappa shape index (κ3) is 5.27. The fourth-order valence-electron chi connectivity index (χ4n) is 6.32. The summed E-state index contributed by atoms with van der Waals surface area (Å²) in [7, 11) is 0. The molecule has 8 heteroatoms. The van der Waals surface area contributed by atoms with Crippen molar-refractivity contribution in [2.24, 2.45) is 29.4 Å². The van der Waals surface area contributed by atoms with Gasteiger partial charge in [0, 0.05) is 18.2 Å². The van der Waals surface area contributed by atoms with Crippen molar-refractivity contribution in [2.75, 3.05) is 18.4 Å². The highest BCUT2D eigenvalue weighted by Gasteiger charge is 2.46. The van der Waals surface area contributed by atoms with E-state index in [0.717, 1.165) is 69.9 Å². The number of amides is 2. The summed E-state index contributed by atoms with van der Waals surface area (Å²) in [5.41, 5.74) is 5.58. The Morgan fingerprint density at radius 1 is 1.03 bits per heavy atom. The Labute approximate surface area is 200 Å². The van der Waals surface area contributed by atoms with Gasteiger partial charge < -0.3 is 21.1 Å². The molecule has 4 rings (SSSR count). The third-order valence-electron chi connectivity index (χ3n) is 8.25. The zero-order chi connectivity index (χ0) is 24.2. The van der Waals surface area contributed by atoms with E-state index in [-0.39, 0.29) is 29.3 Å². The van der Waals surface area contributed by atoms with Crippen molar-refractivity contribution < 1.29 is 23.9 Å². The van der Waals surface area contributed by atoms with E-state index in [2.05, 4.69) is 5.32 Å². The maximum absolute atomic E-state index is 14.2. The number of nitrogens with zero attached hydrogens (tertiary/aromatic N) is 1. The summed E-state index contributed by atoms with van der Waals surface area (Å²) in [4.78, 5) is 40.0. The van der Waals surface area contributed by atoms with E-state index in [1.165, 1.54) is 12.5 Å². The largest absolute Gasteiger partial charge is 0.478 e. The first-order chi connectivity index (χ1) is 16.4. The highest BCUT2D eigenvalue weighted by atomic mass is 19.1. The summed E-state index contributed by atoms with van der Waals surface area (Å²) >= 11 is 0. The van der Waals surface area contributed by atoms with Crippen LogP contribution in [0.3, 0.4) is 0 Å². The molecule has 2 amide bonds. The number of aromatic carboxylic acids is 1. The minimum atomic E-state index is -1.36. The molecule has 1 heterocycles. The lowest BCUT2D eigenvalue weighted by molar-refractivity contribution is -0.142. The van der Waals surface area contributed by atoms with Gasteiger partial charge in [0.25, 0.3) is 0 Å². The van der Waals surface area contributed by atoms with Crippen LogP contribution in [0.5, 0.6) is 0 Å². The van der Waals surface area contributed by atoms with Gasteiger partial charge in [0.2, 0.25) is 11.8 Å². The summed E-state index contributed by atoms with van der Waals surface area (Å²) in [6.07, 6.45) is 9.95. The van der Waals surface area contributed by atoms with Gasteiger partial charge in [0.1, 0.15) is 11.9 Å². The van der Waals surface area contributed by atoms with E-state index in [1.807, 2.05) is 0 Å². The van der Waals surface area contributed by atoms with Crippen LogP contribution in [0.4, 0.5) is 10.1 Å². The Kier molecular flexibility index (Phi) is 7.86. The van der Waals surface area contributed by atoms with Crippen LogP contribution in [0.25, 0.3) is 0 Å². The number of carboxylic acids is 1. The van der Waals surface area contributed by atoms with E-state index in [1.54, 1.807) is 4.90 Å². The number of nitrogens with two attached hydrogens (primary N) is 1. The van der Waals surface area contributed by atoms with Crippen molar-refractivity contribution in [3.8, 4) is 0 Å². The average Bonchev–Trinajstić information content (AvgIpc) is 3.29. The van der Waals surface area contributed by atoms with Gasteiger partial charge in [-0.05, 0) is 74.6 Å². The Hall–Kier alpha value is -2.48. The normalized spacial score (nSPS) is 28.0. The predicted molar refractivity (Wildman–Crippen MR) is 127 cm³/mol. The van der Waals surface area contributed by atoms with Gasteiger partial charge in [-0.25, -0.2) is 9.18 Å². The van der Waals surface area contributed by atoms with Crippen LogP contribution in [-0.4, -0.2) is 46.9 Å². The van der Waals surface area contributed by atoms with Crippen molar-refractivity contribution in [3.05, 3.63) is 29.6 Å². The second-order valence-corrected chi connectivity index (χ2v) is 10.3. The lowest BCUT2D eigenvalue weighted by atomic mass is 9.76. The molecule has 1 aliphatic heterocycles. The molecule has 2 unspecified atom stereocenters. The summed E-state index contributed by atoms with van der Waals surface area (Å²) in [5, 5.41) is 11.8. The Bertz CT molecular complexity index is 909. The smallest absolute Gasteiger partial charge is 0.338 e. The van der Waals surface area contributed by atoms with Crippen LogP contribution >= 0.6 is 0 Å². The minimum absolute atomic E-state index is 0.0568. The second-order valence-electron chi connectivity index (χ2n) is 10.3. The zero-order valence-electron chi connectivity index (χ0n) is 19.7. The number of anilines is 1. The van der Waals surface area contributed by atoms with Crippen LogP contribution < -0.4 is 11.1 Å². The molecule has 34 heavy (non-hydrogen) atoms. The highest BCUT2D eigenvalue weighted by Crippen LogP contribution is 2.41. The number of nitrogens with one attached hydrogen (secondary N) is 1. The fourth-order valence-corrected chi connectivity index (χ4v) is 6.32. The van der Waals surface area contributed by atoms with E-state index < -0.39 is 23.4 Å². The minimum Gasteiger partial charge on any atom is -0.478 e. The molecular formula is C26H36FN3O4. The molecule has 0 bridgehead atoms. The van der Waals surface area contributed by atoms with Crippen LogP contribution in [-0.2, 0) is 9.59 Å². The second kappa shape index (κ2) is 10.8. The third-order valence-corrected chi connectivity index (χ3v) is 8.25. The van der Waals surface area contributed by atoms with E-state index >= 15 is 0 Å². The zero-order valence-corrected chi connectivity index (χ0v) is 19.7. The number of benzene rings is 1. The van der Waals surface area contributed by atoms with E-state index in [0.29, 0.717) is 24.9 Å². The highest BCUT2D eigenvalue weighted by molar-refractivity contribution is 5.98. The van der Waals surface area contributed by atoms with Crippen molar-refractivity contribution >= 4 is 23.5 Å². The monoisotopic (exact) mass is 473 g/mol. The number of halogens is 1. The molecule has 4 N–H and O–H groups in total. The maximum Gasteiger partial charge on any atom is 0.338 e. The van der Waals surface area contributed by atoms with Gasteiger partial charge in [0.15, 0.2) is 0 Å². The van der Waals surface area contributed by atoms with E-state index in [9.17, 15) is 18.8 Å². The topological polar surface area (TPSA) is 113 Å². The van der Waals surface area contributed by atoms with Crippen LogP contribution in [0.1, 0.15) is 74.6 Å². The molecule has 3 fully saturated rings. The van der Waals surface area contributed by atoms with Gasteiger partial charge in [0.05, 0.1) is 5.56 Å². The summed E-state index contributed by atoms with van der Waals surface area (Å²) in [5.74, 6) is -1.61. The first-order valence-electron chi connectivity index (χ1n) is 12.7. The summed E-state index contributed by atoms with van der Waals surface area (Å²) < 4.78 is 14.2. The number of carbonyl (C=O) groups excluding carboxylic acids is 2. The molecular weight excluding hydrogens is 437 g/mol. The summed E-state index contributed by atoms with van der Waals surface area (Å²) in [6, 6.07) is 3.01. The lowest BCUT2D eigenvalue weighted by Gasteiger charge is -2.36. The van der Waals surface area contributed by atoms with E-state index in [4.69, 9.17) is 10.8 Å². The molecule has 0 spiro atoms. The predicted octanol–water partition coefficient (Wildman–Crippen LogP) is 4.02. The number of hydrogen-bond donors (Lipinski definition) is 3. The number of likely N-dealkylation sites (tertiary alicyclic amines) is 1. The molecule has 3 aliphatic rings. The first kappa shape index (κ1) is 24.6. The molecule has 1 aromatic carbocycles. The number of rotatable bonds is 6. The van der Waals surface area contributed by atoms with Gasteiger partial charge in [-0.3, -0.25) is 9.59 Å². The molecule has 7 nitrogen and oxygen atoms in total. The van der Waals surface area contributed by atoms with Gasteiger partial charge in [-0.15, -0.1) is 0 Å². The lowest BCUT2D eigenvalue weighted by Crippen LogP contribution is -2.49. The molecule has 0 radical (unpaired) electrons. The van der Waals surface area contributed by atoms with Crippen molar-refractivity contribution in [1.29, 1.82) is 0 Å². The number of hydrogen-bond acceptors (Lipinski definition) is 4. The quantitative estimate of drug-likeness (QED) is 0.578. The molecule has 2 saturated carbocycles. The standard InChI is InChI=1S/C26H36FN3O4/c27-22-14-19(10-11-21(22)26(33)34)29-24(31)23-20(17-4-2-1-3-5-17)12-13-30(23)25(32)18-8-6-16(15-28)7-9-18/h10-11,14,16-18,20,23H,1-9,12-13,15,28H2,(H,29,31)(H,33,34). The number of carbonyl (C=O) groups is 3. The van der Waals surface area contributed by atoms with Gasteiger partial charge >= 0.3 is 5.97 Å². The van der Waals surface area contributed by atoms with Crippen molar-refractivity contribution in [2.45, 2.75) is 70.3 Å². The molecule has 0 aromatic heterocycles. The number of carboxylic acid groups (broad SMARTS) is 1. The first-order valence-corrected chi connectivity index (χ1v) is 12.7. The van der Waals surface area contributed by atoms with Crippen molar-refractivity contribution in [1.82, 2.24) is 4.90 Å². The van der Waals surface area contributed by atoms with Crippen LogP contribution in [0, 0.1) is 29.5 Å². The van der Waals surface area contributed by atoms with Crippen molar-refractivity contribution in [3.63, 3.8) is 0 Å². The average molecular weight is 474 g/mol. The van der Waals surface area contributed by atoms with Gasteiger partial charge in [-0.1, -0.05) is 32.1 Å². The Balaban J connectivity index is 1.53. The maximum atomic E-state index is 14.2. The van der Waals surface area contributed by atoms with Crippen LogP contribution in [0.15, 0.2) is 18.2 Å². The molecule has 186 valence electrons. The molecule has 1 saturated heterocycles. The Morgan fingerprint density at radius 2 is 1.74 bits per heavy atom. The molecule has 2 aliphatic carbocycles. The Morgan fingerprint density at radius 3 is 2.35 bits per heavy atom. The van der Waals surface area contributed by atoms with Gasteiger partial charge in [-0.2, -0.15) is 0 Å². The summed E-state index contributed by atoms with van der Waals surface area (Å²) in [6.45, 7) is 1.22. The molecule has 2 atom stereocenters.